The normalized spacial score (nSPS) is 17.2. The first-order chi connectivity index (χ1) is 10.7. The molecule has 2 N–H and O–H groups in total. The molecule has 1 atom stereocenters. The van der Waals surface area contributed by atoms with Crippen LogP contribution in [0, 0.1) is 0 Å². The first kappa shape index (κ1) is 15.0. The van der Waals surface area contributed by atoms with E-state index in [0.717, 1.165) is 23.9 Å². The third-order valence-electron chi connectivity index (χ3n) is 3.40. The molecule has 3 rings (SSSR count). The van der Waals surface area contributed by atoms with Crippen LogP contribution in [0.1, 0.15) is 12.8 Å². The summed E-state index contributed by atoms with van der Waals surface area (Å²) in [5.74, 6) is 1.17. The lowest BCUT2D eigenvalue weighted by atomic mass is 10.2. The Balaban J connectivity index is 1.61. The number of halogens is 1. The Morgan fingerprint density at radius 3 is 2.95 bits per heavy atom. The van der Waals surface area contributed by atoms with Gasteiger partial charge in [0, 0.05) is 10.5 Å². The Hall–Kier alpha value is -1.92. The number of aromatic nitrogens is 1. The summed E-state index contributed by atoms with van der Waals surface area (Å²) >= 11 is 3.39. The van der Waals surface area contributed by atoms with Gasteiger partial charge in [0.05, 0.1) is 17.9 Å². The van der Waals surface area contributed by atoms with E-state index in [4.69, 9.17) is 4.74 Å². The van der Waals surface area contributed by atoms with Crippen LogP contribution < -0.4 is 15.4 Å². The lowest BCUT2D eigenvalue weighted by Crippen LogP contribution is -2.35. The van der Waals surface area contributed by atoms with E-state index in [-0.39, 0.29) is 11.9 Å². The molecule has 1 amide bonds. The smallest absolute Gasteiger partial charge is 0.241 e. The van der Waals surface area contributed by atoms with Crippen molar-refractivity contribution >= 4 is 27.5 Å². The number of nitrogens with one attached hydrogen (secondary N) is 2. The van der Waals surface area contributed by atoms with Crippen LogP contribution in [0.2, 0.25) is 0 Å². The Morgan fingerprint density at radius 1 is 1.36 bits per heavy atom. The SMILES string of the molecule is O=C(Nc1ccc(Oc2cccc(Br)c2)nc1)C1CCCN1. The van der Waals surface area contributed by atoms with Crippen molar-refractivity contribution in [3.8, 4) is 11.6 Å². The van der Waals surface area contributed by atoms with E-state index in [0.29, 0.717) is 17.3 Å². The number of hydrogen-bond donors (Lipinski definition) is 2. The van der Waals surface area contributed by atoms with Gasteiger partial charge in [0.1, 0.15) is 5.75 Å². The van der Waals surface area contributed by atoms with Gasteiger partial charge in [0.15, 0.2) is 0 Å². The number of rotatable bonds is 4. The van der Waals surface area contributed by atoms with Crippen LogP contribution in [-0.4, -0.2) is 23.5 Å². The summed E-state index contributed by atoms with van der Waals surface area (Å²) in [6, 6.07) is 11.0. The zero-order valence-electron chi connectivity index (χ0n) is 11.9. The average molecular weight is 362 g/mol. The number of amides is 1. The molecule has 0 radical (unpaired) electrons. The van der Waals surface area contributed by atoms with Crippen LogP contribution >= 0.6 is 15.9 Å². The number of nitrogens with zero attached hydrogens (tertiary/aromatic N) is 1. The summed E-state index contributed by atoms with van der Waals surface area (Å²) in [7, 11) is 0. The summed E-state index contributed by atoms with van der Waals surface area (Å²) in [6.07, 6.45) is 3.51. The highest BCUT2D eigenvalue weighted by molar-refractivity contribution is 9.10. The van der Waals surface area contributed by atoms with Gasteiger partial charge in [-0.1, -0.05) is 22.0 Å². The van der Waals surface area contributed by atoms with E-state index in [2.05, 4.69) is 31.5 Å². The van der Waals surface area contributed by atoms with Crippen molar-refractivity contribution in [3.63, 3.8) is 0 Å². The monoisotopic (exact) mass is 361 g/mol. The van der Waals surface area contributed by atoms with Gasteiger partial charge in [-0.2, -0.15) is 0 Å². The molecule has 1 aromatic carbocycles. The largest absolute Gasteiger partial charge is 0.439 e. The maximum atomic E-state index is 12.0. The molecule has 1 fully saturated rings. The van der Waals surface area contributed by atoms with Gasteiger partial charge in [-0.3, -0.25) is 4.79 Å². The maximum Gasteiger partial charge on any atom is 0.241 e. The highest BCUT2D eigenvalue weighted by Crippen LogP contribution is 2.23. The number of carbonyl (C=O) groups is 1. The molecule has 0 spiro atoms. The van der Waals surface area contributed by atoms with Crippen molar-refractivity contribution in [2.45, 2.75) is 18.9 Å². The molecule has 1 aromatic heterocycles. The van der Waals surface area contributed by atoms with Crippen molar-refractivity contribution in [3.05, 3.63) is 47.1 Å². The summed E-state index contributed by atoms with van der Waals surface area (Å²) in [4.78, 5) is 16.2. The lowest BCUT2D eigenvalue weighted by molar-refractivity contribution is -0.117. The predicted molar refractivity (Wildman–Crippen MR) is 88.1 cm³/mol. The molecule has 0 saturated carbocycles. The van der Waals surface area contributed by atoms with Crippen LogP contribution in [0.4, 0.5) is 5.69 Å². The first-order valence-corrected chi connectivity index (χ1v) is 7.94. The molecule has 1 saturated heterocycles. The number of ether oxygens (including phenoxy) is 1. The minimum absolute atomic E-state index is 0.0139. The van der Waals surface area contributed by atoms with Crippen LogP contribution in [0.15, 0.2) is 47.1 Å². The molecule has 0 aliphatic carbocycles. The highest BCUT2D eigenvalue weighted by Gasteiger charge is 2.21. The molecule has 1 aliphatic heterocycles. The van der Waals surface area contributed by atoms with Gasteiger partial charge >= 0.3 is 0 Å². The highest BCUT2D eigenvalue weighted by atomic mass is 79.9. The minimum Gasteiger partial charge on any atom is -0.439 e. The first-order valence-electron chi connectivity index (χ1n) is 7.14. The zero-order valence-corrected chi connectivity index (χ0v) is 13.5. The second-order valence-electron chi connectivity index (χ2n) is 5.08. The van der Waals surface area contributed by atoms with Crippen LogP contribution in [0.25, 0.3) is 0 Å². The minimum atomic E-state index is -0.0994. The fraction of sp³-hybridized carbons (Fsp3) is 0.250. The van der Waals surface area contributed by atoms with Crippen molar-refractivity contribution in [1.29, 1.82) is 0 Å². The van der Waals surface area contributed by atoms with E-state index in [1.165, 1.54) is 0 Å². The van der Waals surface area contributed by atoms with Gasteiger partial charge in [0.2, 0.25) is 11.8 Å². The summed E-state index contributed by atoms with van der Waals surface area (Å²) in [5, 5.41) is 6.02. The topological polar surface area (TPSA) is 63.2 Å². The van der Waals surface area contributed by atoms with E-state index in [1.807, 2.05) is 24.3 Å². The predicted octanol–water partition coefficient (Wildman–Crippen LogP) is 3.33. The van der Waals surface area contributed by atoms with Crippen molar-refractivity contribution in [2.75, 3.05) is 11.9 Å². The Morgan fingerprint density at radius 2 is 2.27 bits per heavy atom. The summed E-state index contributed by atoms with van der Waals surface area (Å²) in [6.45, 7) is 0.899. The van der Waals surface area contributed by atoms with Crippen LogP contribution in [0.3, 0.4) is 0 Å². The number of pyridine rings is 1. The summed E-state index contributed by atoms with van der Waals surface area (Å²) < 4.78 is 6.60. The Labute approximate surface area is 137 Å². The molecule has 2 heterocycles. The van der Waals surface area contributed by atoms with Gasteiger partial charge in [-0.25, -0.2) is 4.98 Å². The second kappa shape index (κ2) is 6.89. The molecular weight excluding hydrogens is 346 g/mol. The van der Waals surface area contributed by atoms with Crippen molar-refractivity contribution in [2.24, 2.45) is 0 Å². The van der Waals surface area contributed by atoms with E-state index >= 15 is 0 Å². The Bertz CT molecular complexity index is 655. The zero-order chi connectivity index (χ0) is 15.4. The summed E-state index contributed by atoms with van der Waals surface area (Å²) in [5.41, 5.74) is 0.667. The molecule has 114 valence electrons. The third-order valence-corrected chi connectivity index (χ3v) is 3.89. The number of anilines is 1. The number of benzene rings is 1. The number of carbonyl (C=O) groups excluding carboxylic acids is 1. The van der Waals surface area contributed by atoms with Crippen LogP contribution in [0.5, 0.6) is 11.6 Å². The van der Waals surface area contributed by atoms with Gasteiger partial charge in [-0.15, -0.1) is 0 Å². The van der Waals surface area contributed by atoms with Gasteiger partial charge < -0.3 is 15.4 Å². The van der Waals surface area contributed by atoms with E-state index < -0.39 is 0 Å². The lowest BCUT2D eigenvalue weighted by Gasteiger charge is -2.11. The molecular formula is C16H16BrN3O2. The van der Waals surface area contributed by atoms with Crippen molar-refractivity contribution < 1.29 is 9.53 Å². The molecule has 22 heavy (non-hydrogen) atoms. The standard InChI is InChI=1S/C16H16BrN3O2/c17-11-3-1-4-13(9-11)22-15-7-6-12(10-19-15)20-16(21)14-5-2-8-18-14/h1,3-4,6-7,9-10,14,18H,2,5,8H2,(H,20,21). The van der Waals surface area contributed by atoms with Gasteiger partial charge in [0.25, 0.3) is 0 Å². The van der Waals surface area contributed by atoms with Crippen molar-refractivity contribution in [1.82, 2.24) is 10.3 Å². The molecule has 5 nitrogen and oxygen atoms in total. The second-order valence-corrected chi connectivity index (χ2v) is 6.00. The molecule has 1 unspecified atom stereocenters. The Kier molecular flexibility index (Phi) is 4.70. The number of hydrogen-bond acceptors (Lipinski definition) is 4. The quantitative estimate of drug-likeness (QED) is 0.876. The van der Waals surface area contributed by atoms with E-state index in [9.17, 15) is 4.79 Å². The third kappa shape index (κ3) is 3.84. The van der Waals surface area contributed by atoms with Gasteiger partial charge in [-0.05, 0) is 43.7 Å². The fourth-order valence-corrected chi connectivity index (χ4v) is 2.68. The molecule has 0 bridgehead atoms. The molecule has 2 aromatic rings. The molecule has 1 aliphatic rings. The van der Waals surface area contributed by atoms with E-state index in [1.54, 1.807) is 18.3 Å². The maximum absolute atomic E-state index is 12.0. The molecule has 6 heteroatoms. The average Bonchev–Trinajstić information content (AvgIpc) is 3.04. The fourth-order valence-electron chi connectivity index (χ4n) is 2.30. The van der Waals surface area contributed by atoms with Crippen LogP contribution in [-0.2, 0) is 4.79 Å².